The lowest BCUT2D eigenvalue weighted by molar-refractivity contribution is -0.0504. The minimum absolute atomic E-state index is 0.118. The van der Waals surface area contributed by atoms with E-state index in [0.717, 1.165) is 36.3 Å². The van der Waals surface area contributed by atoms with Gasteiger partial charge in [0, 0.05) is 25.7 Å². The predicted octanol–water partition coefficient (Wildman–Crippen LogP) is 3.12. The van der Waals surface area contributed by atoms with Crippen molar-refractivity contribution in [1.29, 1.82) is 0 Å². The number of nitrogens with zero attached hydrogens (tertiary/aromatic N) is 2. The second kappa shape index (κ2) is 7.39. The van der Waals surface area contributed by atoms with Gasteiger partial charge in [-0.25, -0.2) is 13.8 Å². The number of rotatable bonds is 5. The summed E-state index contributed by atoms with van der Waals surface area (Å²) >= 11 is 0. The molecule has 0 radical (unpaired) electrons. The quantitative estimate of drug-likeness (QED) is 0.761. The van der Waals surface area contributed by atoms with Crippen LogP contribution in [0.2, 0.25) is 0 Å². The maximum atomic E-state index is 13.2. The highest BCUT2D eigenvalue weighted by atomic mass is 19.2. The van der Waals surface area contributed by atoms with Crippen molar-refractivity contribution in [2.75, 3.05) is 26.3 Å². The van der Waals surface area contributed by atoms with Crippen molar-refractivity contribution < 1.29 is 18.3 Å². The van der Waals surface area contributed by atoms with Crippen molar-refractivity contribution in [3.63, 3.8) is 0 Å². The fourth-order valence-corrected chi connectivity index (χ4v) is 3.12. The van der Waals surface area contributed by atoms with Crippen molar-refractivity contribution in [3.8, 4) is 5.75 Å². The summed E-state index contributed by atoms with van der Waals surface area (Å²) in [6.45, 7) is 3.26. The average molecular weight is 359 g/mol. The molecule has 2 heterocycles. The van der Waals surface area contributed by atoms with Gasteiger partial charge in [0.25, 0.3) is 0 Å². The van der Waals surface area contributed by atoms with Crippen LogP contribution < -0.4 is 4.74 Å². The predicted molar refractivity (Wildman–Crippen MR) is 93.0 cm³/mol. The molecule has 1 aromatic heterocycles. The molecule has 1 aliphatic rings. The van der Waals surface area contributed by atoms with E-state index in [4.69, 9.17) is 9.47 Å². The summed E-state index contributed by atoms with van der Waals surface area (Å²) < 4.78 is 37.5. The number of fused-ring (bicyclic) bond motifs is 1. The van der Waals surface area contributed by atoms with Gasteiger partial charge in [0.1, 0.15) is 18.5 Å². The number of imidazole rings is 1. The van der Waals surface area contributed by atoms with Crippen LogP contribution in [0.1, 0.15) is 5.56 Å². The minimum atomic E-state index is -0.914. The first-order chi connectivity index (χ1) is 12.7. The first-order valence-electron chi connectivity index (χ1n) is 8.51. The van der Waals surface area contributed by atoms with E-state index in [-0.39, 0.29) is 6.10 Å². The fraction of sp³-hybridized carbons (Fsp3) is 0.316. The average Bonchev–Trinajstić information content (AvgIpc) is 3.11. The van der Waals surface area contributed by atoms with Gasteiger partial charge in [-0.1, -0.05) is 6.07 Å². The lowest BCUT2D eigenvalue weighted by Crippen LogP contribution is -2.44. The molecule has 0 unspecified atom stereocenters. The zero-order chi connectivity index (χ0) is 17.9. The number of nitrogens with one attached hydrogen (secondary N) is 1. The lowest BCUT2D eigenvalue weighted by atomic mass is 10.1. The van der Waals surface area contributed by atoms with Crippen molar-refractivity contribution >= 4 is 11.0 Å². The lowest BCUT2D eigenvalue weighted by Gasteiger charge is -2.32. The zero-order valence-electron chi connectivity index (χ0n) is 14.1. The molecule has 1 fully saturated rings. The van der Waals surface area contributed by atoms with Crippen LogP contribution in [0.3, 0.4) is 0 Å². The van der Waals surface area contributed by atoms with Gasteiger partial charge in [-0.3, -0.25) is 4.90 Å². The van der Waals surface area contributed by atoms with Crippen molar-refractivity contribution in [3.05, 3.63) is 59.9 Å². The highest BCUT2D eigenvalue weighted by Crippen LogP contribution is 2.18. The molecule has 0 saturated carbocycles. The summed E-state index contributed by atoms with van der Waals surface area (Å²) in [6.07, 6.45) is 1.57. The number of hydrogen-bond acceptors (Lipinski definition) is 4. The summed E-state index contributed by atoms with van der Waals surface area (Å²) in [5, 5.41) is 0. The topological polar surface area (TPSA) is 50.4 Å². The maximum Gasteiger partial charge on any atom is 0.162 e. The number of hydrogen-bond donors (Lipinski definition) is 1. The molecular formula is C19H19F2N3O2. The maximum absolute atomic E-state index is 13.2. The number of H-pyrrole nitrogens is 1. The molecule has 0 amide bonds. The van der Waals surface area contributed by atoms with Gasteiger partial charge in [-0.05, 0) is 29.8 Å². The molecule has 136 valence electrons. The molecule has 1 atom stereocenters. The molecule has 0 aliphatic carbocycles. The van der Waals surface area contributed by atoms with Crippen LogP contribution in [0.15, 0.2) is 42.7 Å². The number of morpholine rings is 1. The Morgan fingerprint density at radius 1 is 1.19 bits per heavy atom. The zero-order valence-corrected chi connectivity index (χ0v) is 14.1. The van der Waals surface area contributed by atoms with Gasteiger partial charge in [-0.15, -0.1) is 0 Å². The summed E-state index contributed by atoms with van der Waals surface area (Å²) in [4.78, 5) is 9.64. The molecule has 26 heavy (non-hydrogen) atoms. The second-order valence-corrected chi connectivity index (χ2v) is 6.37. The van der Waals surface area contributed by atoms with Gasteiger partial charge in [0.2, 0.25) is 0 Å². The number of aromatic amines is 1. The third-order valence-electron chi connectivity index (χ3n) is 4.44. The van der Waals surface area contributed by atoms with E-state index in [1.807, 2.05) is 6.07 Å². The van der Waals surface area contributed by atoms with Gasteiger partial charge in [0.05, 0.1) is 24.0 Å². The van der Waals surface area contributed by atoms with Gasteiger partial charge >= 0.3 is 0 Å². The summed E-state index contributed by atoms with van der Waals surface area (Å²) in [5.41, 5.74) is 3.17. The smallest absolute Gasteiger partial charge is 0.162 e. The first-order valence-corrected chi connectivity index (χ1v) is 8.51. The molecule has 1 aliphatic heterocycles. The van der Waals surface area contributed by atoms with Crippen molar-refractivity contribution in [2.24, 2.45) is 0 Å². The third-order valence-corrected chi connectivity index (χ3v) is 4.44. The van der Waals surface area contributed by atoms with Crippen LogP contribution in [-0.4, -0.2) is 47.3 Å². The van der Waals surface area contributed by atoms with Crippen LogP contribution in [-0.2, 0) is 11.3 Å². The van der Waals surface area contributed by atoms with Gasteiger partial charge in [-0.2, -0.15) is 0 Å². The summed E-state index contributed by atoms with van der Waals surface area (Å²) in [6, 6.07) is 9.71. The first kappa shape index (κ1) is 16.9. The number of halogens is 2. The Bertz CT molecular complexity index is 899. The SMILES string of the molecule is Fc1ccc(OC[C@@H]2CN(Cc3ccc4nc[nH]c4c3)CCO2)cc1F. The number of benzene rings is 2. The number of ether oxygens (including phenoxy) is 2. The number of aromatic nitrogens is 2. The summed E-state index contributed by atoms with van der Waals surface area (Å²) in [7, 11) is 0. The normalized spacial score (nSPS) is 18.3. The Morgan fingerprint density at radius 2 is 2.12 bits per heavy atom. The third kappa shape index (κ3) is 3.84. The monoisotopic (exact) mass is 359 g/mol. The van der Waals surface area contributed by atoms with Crippen LogP contribution in [0.4, 0.5) is 8.78 Å². The Morgan fingerprint density at radius 3 is 3.00 bits per heavy atom. The largest absolute Gasteiger partial charge is 0.491 e. The molecule has 0 bridgehead atoms. The Labute approximate surface area is 149 Å². The molecule has 5 nitrogen and oxygen atoms in total. The van der Waals surface area contributed by atoms with Crippen LogP contribution >= 0.6 is 0 Å². The van der Waals surface area contributed by atoms with E-state index in [0.29, 0.717) is 25.5 Å². The summed E-state index contributed by atoms with van der Waals surface area (Å²) in [5.74, 6) is -1.50. The van der Waals surface area contributed by atoms with Crippen LogP contribution in [0, 0.1) is 11.6 Å². The molecule has 3 aromatic rings. The van der Waals surface area contributed by atoms with E-state index in [1.165, 1.54) is 11.6 Å². The Balaban J connectivity index is 1.33. The Hall–Kier alpha value is -2.51. The van der Waals surface area contributed by atoms with Crippen LogP contribution in [0.25, 0.3) is 11.0 Å². The van der Waals surface area contributed by atoms with E-state index < -0.39 is 11.6 Å². The van der Waals surface area contributed by atoms with Gasteiger partial charge < -0.3 is 14.5 Å². The highest BCUT2D eigenvalue weighted by Gasteiger charge is 2.21. The molecule has 0 spiro atoms. The standard InChI is InChI=1S/C19H19F2N3O2/c20-16-3-2-14(8-17(16)21)26-11-15-10-24(5-6-25-15)9-13-1-4-18-19(7-13)23-12-22-18/h1-4,7-8,12,15H,5-6,9-11H2,(H,22,23)/t15-/m0/s1. The van der Waals surface area contributed by atoms with E-state index in [1.54, 1.807) is 6.33 Å². The Kier molecular flexibility index (Phi) is 4.81. The fourth-order valence-electron chi connectivity index (χ4n) is 3.12. The molecular weight excluding hydrogens is 340 g/mol. The van der Waals surface area contributed by atoms with E-state index in [2.05, 4.69) is 27.0 Å². The molecule has 1 N–H and O–H groups in total. The highest BCUT2D eigenvalue weighted by molar-refractivity contribution is 5.74. The van der Waals surface area contributed by atoms with Gasteiger partial charge in [0.15, 0.2) is 11.6 Å². The molecule has 1 saturated heterocycles. The van der Waals surface area contributed by atoms with Crippen LogP contribution in [0.5, 0.6) is 5.75 Å². The molecule has 4 rings (SSSR count). The second-order valence-electron chi connectivity index (χ2n) is 6.37. The molecule has 2 aromatic carbocycles. The van der Waals surface area contributed by atoms with Crippen molar-refractivity contribution in [1.82, 2.24) is 14.9 Å². The van der Waals surface area contributed by atoms with E-state index >= 15 is 0 Å². The van der Waals surface area contributed by atoms with E-state index in [9.17, 15) is 8.78 Å². The minimum Gasteiger partial charge on any atom is -0.491 e. The van der Waals surface area contributed by atoms with Crippen molar-refractivity contribution in [2.45, 2.75) is 12.6 Å². The molecule has 7 heteroatoms.